The molecule has 7 nitrogen and oxygen atoms in total. The van der Waals surface area contributed by atoms with Gasteiger partial charge >= 0.3 is 0 Å². The molecule has 0 spiro atoms. The topological polar surface area (TPSA) is 102 Å². The molecule has 8 heteroatoms. The number of rotatable bonds is 2. The molecule has 1 saturated heterocycles. The molecule has 2 aliphatic carbocycles. The molecule has 29 heavy (non-hydrogen) atoms. The van der Waals surface area contributed by atoms with Gasteiger partial charge in [-0.25, -0.2) is 9.97 Å². The zero-order valence-corrected chi connectivity index (χ0v) is 18.2. The Balaban J connectivity index is 0.000000200. The first-order chi connectivity index (χ1) is 14.1. The van der Waals surface area contributed by atoms with Crippen molar-refractivity contribution in [1.82, 2.24) is 20.6 Å². The smallest absolute Gasteiger partial charge is 0.225 e. The Labute approximate surface area is 176 Å². The lowest BCUT2D eigenvalue weighted by Gasteiger charge is -2.22. The van der Waals surface area contributed by atoms with Crippen LogP contribution in [0.25, 0.3) is 10.2 Å². The zero-order chi connectivity index (χ0) is 20.5. The number of thiophene rings is 1. The van der Waals surface area contributed by atoms with Crippen molar-refractivity contribution in [2.24, 2.45) is 5.73 Å². The number of primary amides is 1. The van der Waals surface area contributed by atoms with E-state index in [-0.39, 0.29) is 5.91 Å². The molecule has 0 bridgehead atoms. The second-order valence-corrected chi connectivity index (χ2v) is 8.79. The molecule has 0 unspecified atom stereocenters. The quantitative estimate of drug-likeness (QED) is 0.691. The van der Waals surface area contributed by atoms with Crippen molar-refractivity contribution in [3.05, 3.63) is 16.8 Å². The molecule has 1 saturated carbocycles. The fourth-order valence-electron chi connectivity index (χ4n) is 3.93. The van der Waals surface area contributed by atoms with Crippen LogP contribution in [0.5, 0.6) is 5.88 Å². The van der Waals surface area contributed by atoms with E-state index in [9.17, 15) is 4.79 Å². The van der Waals surface area contributed by atoms with Crippen molar-refractivity contribution in [3.8, 4) is 5.88 Å². The van der Waals surface area contributed by atoms with Gasteiger partial charge < -0.3 is 21.1 Å². The predicted octanol–water partition coefficient (Wildman–Crippen LogP) is 2.56. The number of aromatic nitrogens is 2. The SMILES string of the molecule is C1CNCCN1.CC(N)=O.c1nc(OC2CCCCC2)c2c3c(sc2n1)CCC3. The van der Waals surface area contributed by atoms with Gasteiger partial charge in [-0.2, -0.15) is 0 Å². The number of aryl methyl sites for hydroxylation is 2. The molecule has 0 atom stereocenters. The normalized spacial score (nSPS) is 18.8. The van der Waals surface area contributed by atoms with Gasteiger partial charge in [-0.3, -0.25) is 4.79 Å². The number of carbonyl (C=O) groups excluding carboxylic acids is 1. The van der Waals surface area contributed by atoms with Gasteiger partial charge in [-0.05, 0) is 50.5 Å². The third kappa shape index (κ3) is 6.62. The van der Waals surface area contributed by atoms with Crippen molar-refractivity contribution < 1.29 is 9.53 Å². The standard InChI is InChI=1S/C15H18N2OS.C4H10N2.C2H5NO/c1-2-5-10(6-3-1)18-14-13-11-7-4-8-12(11)19-15(13)17-9-16-14;1-2-6-4-3-5-1;1-2(3)4/h9-10H,1-8H2;5-6H,1-4H2;1H3,(H2,3,4). The second kappa shape index (κ2) is 11.4. The minimum absolute atomic E-state index is 0.333. The van der Waals surface area contributed by atoms with Crippen molar-refractivity contribution in [2.45, 2.75) is 64.4 Å². The fourth-order valence-corrected chi connectivity index (χ4v) is 5.15. The predicted molar refractivity (Wildman–Crippen MR) is 118 cm³/mol. The summed E-state index contributed by atoms with van der Waals surface area (Å²) in [4.78, 5) is 20.7. The Bertz CT molecular complexity index is 769. The average Bonchev–Trinajstić information content (AvgIpc) is 3.32. The summed E-state index contributed by atoms with van der Waals surface area (Å²) in [5.41, 5.74) is 5.94. The van der Waals surface area contributed by atoms with Crippen LogP contribution in [0.1, 0.15) is 55.9 Å². The maximum absolute atomic E-state index is 9.22. The molecule has 3 aliphatic rings. The molecule has 0 aromatic carbocycles. The van der Waals surface area contributed by atoms with Crippen molar-refractivity contribution in [3.63, 3.8) is 0 Å². The Morgan fingerprint density at radius 3 is 2.34 bits per heavy atom. The van der Waals surface area contributed by atoms with E-state index in [0.29, 0.717) is 6.10 Å². The lowest BCUT2D eigenvalue weighted by Crippen LogP contribution is -2.39. The van der Waals surface area contributed by atoms with Gasteiger partial charge in [0.1, 0.15) is 17.3 Å². The second-order valence-electron chi connectivity index (χ2n) is 7.70. The molecule has 1 amide bonds. The van der Waals surface area contributed by atoms with Crippen LogP contribution in [0.4, 0.5) is 0 Å². The molecule has 1 aliphatic heterocycles. The van der Waals surface area contributed by atoms with E-state index in [1.54, 1.807) is 6.33 Å². The van der Waals surface area contributed by atoms with E-state index in [2.05, 4.69) is 26.3 Å². The van der Waals surface area contributed by atoms with Crippen molar-refractivity contribution >= 4 is 27.5 Å². The maximum atomic E-state index is 9.22. The molecule has 2 aromatic heterocycles. The number of hydrogen-bond acceptors (Lipinski definition) is 7. The first kappa shape index (κ1) is 21.9. The van der Waals surface area contributed by atoms with Crippen LogP contribution in [0, 0.1) is 0 Å². The average molecular weight is 420 g/mol. The van der Waals surface area contributed by atoms with Crippen LogP contribution in [0.3, 0.4) is 0 Å². The van der Waals surface area contributed by atoms with Gasteiger partial charge in [0.15, 0.2) is 0 Å². The van der Waals surface area contributed by atoms with Crippen LogP contribution in [-0.4, -0.2) is 48.2 Å². The number of amides is 1. The summed E-state index contributed by atoms with van der Waals surface area (Å²) < 4.78 is 6.21. The Morgan fingerprint density at radius 2 is 1.72 bits per heavy atom. The molecule has 2 fully saturated rings. The Kier molecular flexibility index (Phi) is 8.64. The number of ether oxygens (including phenoxy) is 1. The van der Waals surface area contributed by atoms with E-state index < -0.39 is 0 Å². The summed E-state index contributed by atoms with van der Waals surface area (Å²) in [6.45, 7) is 5.86. The van der Waals surface area contributed by atoms with E-state index in [1.165, 1.54) is 74.1 Å². The van der Waals surface area contributed by atoms with Gasteiger partial charge in [0.25, 0.3) is 0 Å². The number of nitrogens with one attached hydrogen (secondary N) is 2. The highest BCUT2D eigenvalue weighted by molar-refractivity contribution is 7.18. The monoisotopic (exact) mass is 419 g/mol. The Hall–Kier alpha value is -1.77. The molecular formula is C21H33N5O2S. The van der Waals surface area contributed by atoms with E-state index in [0.717, 1.165) is 36.9 Å². The number of carbonyl (C=O) groups is 1. The lowest BCUT2D eigenvalue weighted by molar-refractivity contribution is -0.115. The first-order valence-corrected chi connectivity index (χ1v) is 11.6. The number of piperazine rings is 1. The maximum Gasteiger partial charge on any atom is 0.225 e. The molecular weight excluding hydrogens is 386 g/mol. The summed E-state index contributed by atoms with van der Waals surface area (Å²) in [5, 5.41) is 7.66. The van der Waals surface area contributed by atoms with E-state index in [1.807, 2.05) is 11.3 Å². The van der Waals surface area contributed by atoms with Gasteiger partial charge in [0, 0.05) is 38.0 Å². The minimum Gasteiger partial charge on any atom is -0.474 e. The van der Waals surface area contributed by atoms with Gasteiger partial charge in [-0.15, -0.1) is 11.3 Å². The zero-order valence-electron chi connectivity index (χ0n) is 17.3. The van der Waals surface area contributed by atoms with E-state index in [4.69, 9.17) is 4.74 Å². The molecule has 0 radical (unpaired) electrons. The van der Waals surface area contributed by atoms with Gasteiger partial charge in [0.2, 0.25) is 11.8 Å². The van der Waals surface area contributed by atoms with Crippen molar-refractivity contribution in [2.75, 3.05) is 26.2 Å². The fraction of sp³-hybridized carbons (Fsp3) is 0.667. The van der Waals surface area contributed by atoms with E-state index >= 15 is 0 Å². The minimum atomic E-state index is -0.333. The number of fused-ring (bicyclic) bond motifs is 3. The highest BCUT2D eigenvalue weighted by Crippen LogP contribution is 2.40. The largest absolute Gasteiger partial charge is 0.474 e. The van der Waals surface area contributed by atoms with Crippen molar-refractivity contribution in [1.29, 1.82) is 0 Å². The Morgan fingerprint density at radius 1 is 1.07 bits per heavy atom. The molecule has 3 heterocycles. The number of hydrogen-bond donors (Lipinski definition) is 3. The summed E-state index contributed by atoms with van der Waals surface area (Å²) in [6, 6.07) is 0. The molecule has 5 rings (SSSR count). The third-order valence-electron chi connectivity index (χ3n) is 5.25. The van der Waals surface area contributed by atoms with Gasteiger partial charge in [0.05, 0.1) is 5.39 Å². The summed E-state index contributed by atoms with van der Waals surface area (Å²) >= 11 is 1.83. The summed E-state index contributed by atoms with van der Waals surface area (Å²) in [5.74, 6) is 0.510. The van der Waals surface area contributed by atoms with Crippen LogP contribution >= 0.6 is 11.3 Å². The third-order valence-corrected chi connectivity index (χ3v) is 6.45. The number of nitrogens with zero attached hydrogens (tertiary/aromatic N) is 2. The highest BCUT2D eigenvalue weighted by Gasteiger charge is 2.24. The summed E-state index contributed by atoms with van der Waals surface area (Å²) in [7, 11) is 0. The lowest BCUT2D eigenvalue weighted by atomic mass is 9.98. The van der Waals surface area contributed by atoms with Crippen LogP contribution < -0.4 is 21.1 Å². The molecule has 2 aromatic rings. The van der Waals surface area contributed by atoms with Gasteiger partial charge in [-0.1, -0.05) is 6.42 Å². The molecule has 160 valence electrons. The number of nitrogens with two attached hydrogens (primary N) is 1. The van der Waals surface area contributed by atoms with Crippen LogP contribution in [0.2, 0.25) is 0 Å². The first-order valence-electron chi connectivity index (χ1n) is 10.7. The van der Waals surface area contributed by atoms with Crippen LogP contribution in [-0.2, 0) is 17.6 Å². The summed E-state index contributed by atoms with van der Waals surface area (Å²) in [6.07, 6.45) is 12.0. The highest BCUT2D eigenvalue weighted by atomic mass is 32.1. The van der Waals surface area contributed by atoms with Crippen LogP contribution in [0.15, 0.2) is 6.33 Å². The molecule has 4 N–H and O–H groups in total.